The number of carboxylic acids is 1. The van der Waals surface area contributed by atoms with Crippen LogP contribution in [0.5, 0.6) is 0 Å². The van der Waals surface area contributed by atoms with Crippen molar-refractivity contribution in [2.75, 3.05) is 18.4 Å². The summed E-state index contributed by atoms with van der Waals surface area (Å²) in [6.07, 6.45) is 2.65. The van der Waals surface area contributed by atoms with Crippen LogP contribution in [0.4, 0.5) is 10.6 Å². The number of likely N-dealkylation sites (tertiary alicyclic amines) is 1. The molecular formula is C19H18N4O4. The second-order valence-electron chi connectivity index (χ2n) is 6.52. The number of hydrogen-bond acceptors (Lipinski definition) is 5. The maximum absolute atomic E-state index is 12.3. The number of rotatable bonds is 3. The van der Waals surface area contributed by atoms with Crippen LogP contribution in [0.2, 0.25) is 0 Å². The molecule has 1 saturated heterocycles. The normalized spacial score (nSPS) is 15.0. The summed E-state index contributed by atoms with van der Waals surface area (Å²) in [5.41, 5.74) is 1.73. The fraction of sp³-hybridized carbons (Fsp3) is 0.263. The van der Waals surface area contributed by atoms with E-state index < -0.39 is 5.97 Å². The first-order valence-corrected chi connectivity index (χ1v) is 8.71. The number of amides is 2. The van der Waals surface area contributed by atoms with Gasteiger partial charge in [0.2, 0.25) is 0 Å². The summed E-state index contributed by atoms with van der Waals surface area (Å²) in [5, 5.41) is 16.6. The molecule has 1 aliphatic rings. The molecule has 4 rings (SSSR count). The van der Waals surface area contributed by atoms with Gasteiger partial charge in [0.05, 0.1) is 11.4 Å². The molecule has 1 aromatic carbocycles. The summed E-state index contributed by atoms with van der Waals surface area (Å²) < 4.78 is 5.35. The molecule has 0 spiro atoms. The first-order valence-electron chi connectivity index (χ1n) is 8.71. The van der Waals surface area contributed by atoms with Crippen LogP contribution in [-0.4, -0.2) is 45.2 Å². The van der Waals surface area contributed by atoms with Gasteiger partial charge in [-0.25, -0.2) is 4.79 Å². The van der Waals surface area contributed by atoms with Gasteiger partial charge >= 0.3 is 12.0 Å². The van der Waals surface area contributed by atoms with Crippen molar-refractivity contribution in [3.05, 3.63) is 42.6 Å². The standard InChI is InChI=1S/C19H18N4O4/c24-18(25)12-5-8-23(9-6-12)19(26)21-17-11-16(27-22-17)14-3-4-15-13(10-14)2-1-7-20-15/h1-4,7,10-12H,5-6,8-9H2,(H,24,25)(H,21,22,26). The van der Waals surface area contributed by atoms with E-state index in [2.05, 4.69) is 15.5 Å². The number of carbonyl (C=O) groups is 2. The molecule has 0 unspecified atom stereocenters. The highest BCUT2D eigenvalue weighted by Crippen LogP contribution is 2.26. The summed E-state index contributed by atoms with van der Waals surface area (Å²) in [6, 6.07) is 10.9. The molecule has 3 aromatic rings. The van der Waals surface area contributed by atoms with Gasteiger partial charge in [0.25, 0.3) is 0 Å². The topological polar surface area (TPSA) is 109 Å². The van der Waals surface area contributed by atoms with Gasteiger partial charge in [-0.05, 0) is 37.1 Å². The zero-order valence-electron chi connectivity index (χ0n) is 14.5. The number of carbonyl (C=O) groups excluding carboxylic acids is 1. The van der Waals surface area contributed by atoms with Gasteiger partial charge in [-0.15, -0.1) is 0 Å². The van der Waals surface area contributed by atoms with Crippen molar-refractivity contribution in [2.24, 2.45) is 5.92 Å². The van der Waals surface area contributed by atoms with E-state index in [0.29, 0.717) is 37.5 Å². The van der Waals surface area contributed by atoms with Crippen LogP contribution in [-0.2, 0) is 4.79 Å². The Bertz CT molecular complexity index is 992. The Kier molecular flexibility index (Phi) is 4.45. The van der Waals surface area contributed by atoms with Crippen molar-refractivity contribution in [3.63, 3.8) is 0 Å². The smallest absolute Gasteiger partial charge is 0.323 e. The Labute approximate surface area is 154 Å². The third kappa shape index (κ3) is 3.59. The van der Waals surface area contributed by atoms with Gasteiger partial charge in [-0.2, -0.15) is 0 Å². The molecule has 0 aliphatic carbocycles. The molecule has 1 aliphatic heterocycles. The van der Waals surface area contributed by atoms with Crippen LogP contribution < -0.4 is 5.32 Å². The number of aliphatic carboxylic acids is 1. The number of urea groups is 1. The van der Waals surface area contributed by atoms with Crippen molar-refractivity contribution >= 4 is 28.7 Å². The summed E-state index contributed by atoms with van der Waals surface area (Å²) >= 11 is 0. The average molecular weight is 366 g/mol. The molecule has 2 aromatic heterocycles. The Balaban J connectivity index is 1.43. The molecule has 138 valence electrons. The predicted molar refractivity (Wildman–Crippen MR) is 98.2 cm³/mol. The van der Waals surface area contributed by atoms with Gasteiger partial charge in [0.15, 0.2) is 11.6 Å². The number of piperidine rings is 1. The lowest BCUT2D eigenvalue weighted by Crippen LogP contribution is -2.42. The van der Waals surface area contributed by atoms with Crippen molar-refractivity contribution in [1.82, 2.24) is 15.0 Å². The van der Waals surface area contributed by atoms with Gasteiger partial charge in [0, 0.05) is 36.3 Å². The zero-order valence-corrected chi connectivity index (χ0v) is 14.5. The van der Waals surface area contributed by atoms with Crippen LogP contribution >= 0.6 is 0 Å². The second-order valence-corrected chi connectivity index (χ2v) is 6.52. The SMILES string of the molecule is O=C(O)C1CCN(C(=O)Nc2cc(-c3ccc4ncccc4c3)on2)CC1. The van der Waals surface area contributed by atoms with E-state index in [4.69, 9.17) is 9.63 Å². The van der Waals surface area contributed by atoms with Crippen molar-refractivity contribution in [3.8, 4) is 11.3 Å². The minimum Gasteiger partial charge on any atom is -0.481 e. The minimum atomic E-state index is -0.804. The third-order valence-corrected chi connectivity index (χ3v) is 4.76. The monoisotopic (exact) mass is 366 g/mol. The van der Waals surface area contributed by atoms with Gasteiger partial charge < -0.3 is 14.5 Å². The molecule has 0 atom stereocenters. The van der Waals surface area contributed by atoms with Crippen LogP contribution in [0.25, 0.3) is 22.2 Å². The number of nitrogens with zero attached hydrogens (tertiary/aromatic N) is 3. The number of benzene rings is 1. The van der Waals surface area contributed by atoms with Crippen LogP contribution in [0.1, 0.15) is 12.8 Å². The lowest BCUT2D eigenvalue weighted by molar-refractivity contribution is -0.143. The van der Waals surface area contributed by atoms with Crippen LogP contribution in [0, 0.1) is 5.92 Å². The Morgan fingerprint density at radius 3 is 2.78 bits per heavy atom. The highest BCUT2D eigenvalue weighted by molar-refractivity contribution is 5.89. The lowest BCUT2D eigenvalue weighted by atomic mass is 9.97. The van der Waals surface area contributed by atoms with Crippen LogP contribution in [0.15, 0.2) is 47.1 Å². The lowest BCUT2D eigenvalue weighted by Gasteiger charge is -2.29. The Hall–Kier alpha value is -3.42. The van der Waals surface area contributed by atoms with E-state index in [0.717, 1.165) is 16.5 Å². The largest absolute Gasteiger partial charge is 0.481 e. The predicted octanol–water partition coefficient (Wildman–Crippen LogP) is 3.22. The number of pyridine rings is 1. The number of hydrogen-bond donors (Lipinski definition) is 2. The number of nitrogens with one attached hydrogen (secondary N) is 1. The number of fused-ring (bicyclic) bond motifs is 1. The first-order chi connectivity index (χ1) is 13.1. The van der Waals surface area contributed by atoms with Crippen LogP contribution in [0.3, 0.4) is 0 Å². The molecule has 8 nitrogen and oxygen atoms in total. The van der Waals surface area contributed by atoms with Gasteiger partial charge in [-0.1, -0.05) is 11.2 Å². The highest BCUT2D eigenvalue weighted by atomic mass is 16.5. The van der Waals surface area contributed by atoms with Crippen molar-refractivity contribution in [1.29, 1.82) is 0 Å². The molecular weight excluding hydrogens is 348 g/mol. The van der Waals surface area contributed by atoms with E-state index in [1.54, 1.807) is 17.2 Å². The van der Waals surface area contributed by atoms with Crippen molar-refractivity contribution < 1.29 is 19.2 Å². The molecule has 8 heteroatoms. The maximum atomic E-state index is 12.3. The van der Waals surface area contributed by atoms with E-state index >= 15 is 0 Å². The molecule has 0 saturated carbocycles. The Morgan fingerprint density at radius 2 is 2.00 bits per heavy atom. The van der Waals surface area contributed by atoms with Gasteiger partial charge in [0.1, 0.15) is 0 Å². The molecule has 0 radical (unpaired) electrons. The number of aromatic nitrogens is 2. The zero-order chi connectivity index (χ0) is 18.8. The van der Waals surface area contributed by atoms with Gasteiger partial charge in [-0.3, -0.25) is 15.1 Å². The maximum Gasteiger partial charge on any atom is 0.323 e. The minimum absolute atomic E-state index is 0.304. The average Bonchev–Trinajstić information content (AvgIpc) is 3.16. The Morgan fingerprint density at radius 1 is 1.19 bits per heavy atom. The quantitative estimate of drug-likeness (QED) is 0.737. The number of carboxylic acid groups (broad SMARTS) is 1. The second kappa shape index (κ2) is 7.06. The molecule has 2 amide bonds. The van der Waals surface area contributed by atoms with E-state index in [1.807, 2.05) is 30.3 Å². The summed E-state index contributed by atoms with van der Waals surface area (Å²) in [4.78, 5) is 29.2. The highest BCUT2D eigenvalue weighted by Gasteiger charge is 2.27. The van der Waals surface area contributed by atoms with Crippen molar-refractivity contribution in [2.45, 2.75) is 12.8 Å². The molecule has 2 N–H and O–H groups in total. The summed E-state index contributed by atoms with van der Waals surface area (Å²) in [7, 11) is 0. The summed E-state index contributed by atoms with van der Waals surface area (Å²) in [5.74, 6) is -0.320. The van der Waals surface area contributed by atoms with E-state index in [-0.39, 0.29) is 11.9 Å². The molecule has 3 heterocycles. The van der Waals surface area contributed by atoms with E-state index in [1.165, 1.54) is 0 Å². The fourth-order valence-electron chi connectivity index (χ4n) is 3.22. The fourth-order valence-corrected chi connectivity index (χ4v) is 3.22. The summed E-state index contributed by atoms with van der Waals surface area (Å²) in [6.45, 7) is 0.816. The first kappa shape index (κ1) is 17.0. The third-order valence-electron chi connectivity index (χ3n) is 4.76. The van der Waals surface area contributed by atoms with E-state index in [9.17, 15) is 9.59 Å². The molecule has 27 heavy (non-hydrogen) atoms. The molecule has 1 fully saturated rings. The molecule has 0 bridgehead atoms. The number of anilines is 1.